The first-order chi connectivity index (χ1) is 8.41. The zero-order valence-electron chi connectivity index (χ0n) is 11.4. The maximum Gasteiger partial charge on any atom is 0.142 e. The van der Waals surface area contributed by atoms with Crippen LogP contribution in [0.1, 0.15) is 71.1 Å². The van der Waals surface area contributed by atoms with E-state index in [1.54, 1.807) is 6.08 Å². The number of hydrogen-bond donors (Lipinski definition) is 0. The highest BCUT2D eigenvalue weighted by molar-refractivity contribution is 5.64. The van der Waals surface area contributed by atoms with Gasteiger partial charge in [-0.2, -0.15) is 0 Å². The van der Waals surface area contributed by atoms with Gasteiger partial charge in [0, 0.05) is 0 Å². The van der Waals surface area contributed by atoms with Crippen LogP contribution in [0.5, 0.6) is 0 Å². The third-order valence-corrected chi connectivity index (χ3v) is 2.85. The monoisotopic (exact) mass is 236 g/mol. The second-order valence-corrected chi connectivity index (χ2v) is 4.52. The summed E-state index contributed by atoms with van der Waals surface area (Å²) in [7, 11) is 0. The zero-order chi connectivity index (χ0) is 12.6. The molecular formula is C16H28O. The molecule has 98 valence electrons. The van der Waals surface area contributed by atoms with Crippen LogP contribution in [0.4, 0.5) is 0 Å². The van der Waals surface area contributed by atoms with Gasteiger partial charge in [0.25, 0.3) is 0 Å². The minimum atomic E-state index is 0.851. The second-order valence-electron chi connectivity index (χ2n) is 4.52. The molecule has 0 spiro atoms. The molecule has 0 saturated carbocycles. The molecular weight excluding hydrogens is 208 g/mol. The summed E-state index contributed by atoms with van der Waals surface area (Å²) in [5, 5.41) is 0. The standard InChI is InChI=1S/C16H28O/c1-2-3-4-5-6-7-8-9-10-11-12-13-14-15-16-17/h6-7,14-16H,2-5,8-13H2,1H3/b7-6?,15-14+. The van der Waals surface area contributed by atoms with E-state index in [4.69, 9.17) is 0 Å². The maximum absolute atomic E-state index is 10.0. The number of carbonyl (C=O) groups is 1. The number of allylic oxidation sites excluding steroid dienone is 4. The Morgan fingerprint density at radius 2 is 1.24 bits per heavy atom. The van der Waals surface area contributed by atoms with Crippen molar-refractivity contribution in [2.45, 2.75) is 71.1 Å². The van der Waals surface area contributed by atoms with Crippen LogP contribution in [-0.2, 0) is 4.79 Å². The van der Waals surface area contributed by atoms with Gasteiger partial charge in [0.15, 0.2) is 0 Å². The van der Waals surface area contributed by atoms with E-state index >= 15 is 0 Å². The summed E-state index contributed by atoms with van der Waals surface area (Å²) in [5.41, 5.74) is 0. The molecule has 0 aromatic carbocycles. The Balaban J connectivity index is 3.07. The van der Waals surface area contributed by atoms with Gasteiger partial charge >= 0.3 is 0 Å². The predicted molar refractivity (Wildman–Crippen MR) is 76.2 cm³/mol. The van der Waals surface area contributed by atoms with Crippen LogP contribution in [0, 0.1) is 0 Å². The van der Waals surface area contributed by atoms with Crippen molar-refractivity contribution in [1.82, 2.24) is 0 Å². The van der Waals surface area contributed by atoms with Gasteiger partial charge in [0.1, 0.15) is 6.29 Å². The van der Waals surface area contributed by atoms with Crippen LogP contribution in [-0.4, -0.2) is 6.29 Å². The Labute approximate surface area is 107 Å². The number of unbranched alkanes of at least 4 members (excludes halogenated alkanes) is 8. The third kappa shape index (κ3) is 15.1. The van der Waals surface area contributed by atoms with Crippen LogP contribution < -0.4 is 0 Å². The Kier molecular flexibility index (Phi) is 14.4. The molecule has 0 aliphatic rings. The van der Waals surface area contributed by atoms with E-state index in [0.717, 1.165) is 12.7 Å². The maximum atomic E-state index is 10.0. The van der Waals surface area contributed by atoms with E-state index in [1.807, 2.05) is 6.08 Å². The summed E-state index contributed by atoms with van der Waals surface area (Å²) in [6.45, 7) is 2.24. The first kappa shape index (κ1) is 16.1. The SMILES string of the molecule is CCCCCC=CCCCCCC/C=C/C=O. The van der Waals surface area contributed by atoms with Crippen molar-refractivity contribution in [3.8, 4) is 0 Å². The van der Waals surface area contributed by atoms with Gasteiger partial charge in [-0.1, -0.05) is 50.8 Å². The largest absolute Gasteiger partial charge is 0.299 e. The highest BCUT2D eigenvalue weighted by atomic mass is 16.1. The van der Waals surface area contributed by atoms with Gasteiger partial charge in [-0.3, -0.25) is 4.79 Å². The molecule has 0 aromatic rings. The van der Waals surface area contributed by atoms with Crippen molar-refractivity contribution >= 4 is 6.29 Å². The lowest BCUT2D eigenvalue weighted by Crippen LogP contribution is -1.77. The van der Waals surface area contributed by atoms with E-state index in [2.05, 4.69) is 19.1 Å². The molecule has 0 heterocycles. The van der Waals surface area contributed by atoms with E-state index < -0.39 is 0 Å². The van der Waals surface area contributed by atoms with Gasteiger partial charge in [-0.25, -0.2) is 0 Å². The Morgan fingerprint density at radius 1 is 0.706 bits per heavy atom. The lowest BCUT2D eigenvalue weighted by atomic mass is 10.1. The first-order valence-corrected chi connectivity index (χ1v) is 7.17. The number of hydrogen-bond acceptors (Lipinski definition) is 1. The molecule has 17 heavy (non-hydrogen) atoms. The Morgan fingerprint density at radius 3 is 1.76 bits per heavy atom. The fourth-order valence-corrected chi connectivity index (χ4v) is 1.78. The van der Waals surface area contributed by atoms with Gasteiger partial charge in [-0.05, 0) is 44.6 Å². The van der Waals surface area contributed by atoms with Crippen molar-refractivity contribution < 1.29 is 4.79 Å². The smallest absolute Gasteiger partial charge is 0.142 e. The predicted octanol–water partition coefficient (Wildman–Crippen LogP) is 5.22. The Hall–Kier alpha value is -0.850. The van der Waals surface area contributed by atoms with Crippen LogP contribution >= 0.6 is 0 Å². The molecule has 0 unspecified atom stereocenters. The molecule has 0 atom stereocenters. The molecule has 0 radical (unpaired) electrons. The normalized spacial score (nSPS) is 11.6. The van der Waals surface area contributed by atoms with Crippen LogP contribution in [0.3, 0.4) is 0 Å². The van der Waals surface area contributed by atoms with E-state index in [0.29, 0.717) is 0 Å². The van der Waals surface area contributed by atoms with Gasteiger partial charge in [0.05, 0.1) is 0 Å². The summed E-state index contributed by atoms with van der Waals surface area (Å²) in [6, 6.07) is 0. The fraction of sp³-hybridized carbons (Fsp3) is 0.688. The summed E-state index contributed by atoms with van der Waals surface area (Å²) in [4.78, 5) is 10.0. The summed E-state index contributed by atoms with van der Waals surface area (Å²) in [5.74, 6) is 0. The molecule has 0 aliphatic heterocycles. The minimum Gasteiger partial charge on any atom is -0.299 e. The lowest BCUT2D eigenvalue weighted by molar-refractivity contribution is -0.104. The molecule has 1 nitrogen and oxygen atoms in total. The van der Waals surface area contributed by atoms with Crippen molar-refractivity contribution in [2.75, 3.05) is 0 Å². The van der Waals surface area contributed by atoms with Crippen molar-refractivity contribution in [3.05, 3.63) is 24.3 Å². The molecule has 0 amide bonds. The fourth-order valence-electron chi connectivity index (χ4n) is 1.78. The number of rotatable bonds is 12. The first-order valence-electron chi connectivity index (χ1n) is 7.17. The summed E-state index contributed by atoms with van der Waals surface area (Å²) in [6.07, 6.45) is 21.7. The summed E-state index contributed by atoms with van der Waals surface area (Å²) >= 11 is 0. The molecule has 0 bridgehead atoms. The number of aldehydes is 1. The van der Waals surface area contributed by atoms with E-state index in [1.165, 1.54) is 57.8 Å². The molecule has 0 rings (SSSR count). The molecule has 1 heteroatoms. The lowest BCUT2D eigenvalue weighted by Gasteiger charge is -1.97. The molecule has 0 fully saturated rings. The van der Waals surface area contributed by atoms with Crippen LogP contribution in [0.25, 0.3) is 0 Å². The van der Waals surface area contributed by atoms with Crippen LogP contribution in [0.2, 0.25) is 0 Å². The highest BCUT2D eigenvalue weighted by Gasteiger charge is 1.87. The minimum absolute atomic E-state index is 0.851. The van der Waals surface area contributed by atoms with Gasteiger partial charge < -0.3 is 0 Å². The molecule has 0 aromatic heterocycles. The highest BCUT2D eigenvalue weighted by Crippen LogP contribution is 2.07. The van der Waals surface area contributed by atoms with E-state index in [-0.39, 0.29) is 0 Å². The Bertz CT molecular complexity index is 204. The quantitative estimate of drug-likeness (QED) is 0.196. The zero-order valence-corrected chi connectivity index (χ0v) is 11.4. The van der Waals surface area contributed by atoms with E-state index in [9.17, 15) is 4.79 Å². The molecule has 0 saturated heterocycles. The van der Waals surface area contributed by atoms with Crippen LogP contribution in [0.15, 0.2) is 24.3 Å². The summed E-state index contributed by atoms with van der Waals surface area (Å²) < 4.78 is 0. The van der Waals surface area contributed by atoms with Crippen molar-refractivity contribution in [1.29, 1.82) is 0 Å². The van der Waals surface area contributed by atoms with Gasteiger partial charge in [0.2, 0.25) is 0 Å². The van der Waals surface area contributed by atoms with Gasteiger partial charge in [-0.15, -0.1) is 0 Å². The second kappa shape index (κ2) is 15.1. The average Bonchev–Trinajstić information content (AvgIpc) is 2.35. The van der Waals surface area contributed by atoms with Crippen molar-refractivity contribution in [2.24, 2.45) is 0 Å². The average molecular weight is 236 g/mol. The number of carbonyl (C=O) groups excluding carboxylic acids is 1. The van der Waals surface area contributed by atoms with Crippen molar-refractivity contribution in [3.63, 3.8) is 0 Å². The third-order valence-electron chi connectivity index (χ3n) is 2.85. The topological polar surface area (TPSA) is 17.1 Å². The molecule has 0 N–H and O–H groups in total. The molecule has 0 aliphatic carbocycles.